The van der Waals surface area contributed by atoms with Gasteiger partial charge in [0.2, 0.25) is 0 Å². The fraction of sp³-hybridized carbons (Fsp3) is 0.375. The Labute approximate surface area is 156 Å². The van der Waals surface area contributed by atoms with Crippen LogP contribution in [0.15, 0.2) is 74.5 Å². The number of allylic oxidation sites excluding steroid dienone is 6. The van der Waals surface area contributed by atoms with E-state index < -0.39 is 0 Å². The molecule has 0 aliphatic heterocycles. The summed E-state index contributed by atoms with van der Waals surface area (Å²) in [6.45, 7) is 8.64. The topological polar surface area (TPSA) is 30.2 Å². The second-order valence-electron chi connectivity index (χ2n) is 7.24. The van der Waals surface area contributed by atoms with Gasteiger partial charge in [0.1, 0.15) is 11.3 Å². The molecule has 1 heterocycles. The molecule has 2 heteroatoms. The van der Waals surface area contributed by atoms with Crippen LogP contribution >= 0.6 is 0 Å². The maximum atomic E-state index is 12.1. The molecule has 0 unspecified atom stereocenters. The minimum atomic E-state index is 0.0304. The lowest BCUT2D eigenvalue weighted by molar-refractivity contribution is 0.551. The third kappa shape index (κ3) is 6.51. The van der Waals surface area contributed by atoms with E-state index in [0.29, 0.717) is 17.4 Å². The standard InChI is InChI=1S/C24H30O2/c1-18(2)9-7-10-19(3)11-8-12-20(4)15-16-21-17-23(25)22-13-5-6-14-24(22)26-21/h5-6,9,11,13-15,17H,7-8,10,12,16H2,1-4H3. The zero-order chi connectivity index (χ0) is 18.9. The average Bonchev–Trinajstić information content (AvgIpc) is 2.60. The highest BCUT2D eigenvalue weighted by Crippen LogP contribution is 2.15. The predicted octanol–water partition coefficient (Wildman–Crippen LogP) is 6.75. The van der Waals surface area contributed by atoms with Crippen molar-refractivity contribution in [3.8, 4) is 0 Å². The number of hydrogen-bond acceptors (Lipinski definition) is 2. The van der Waals surface area contributed by atoms with E-state index in [-0.39, 0.29) is 5.43 Å². The molecule has 0 bridgehead atoms. The van der Waals surface area contributed by atoms with E-state index in [4.69, 9.17) is 4.42 Å². The lowest BCUT2D eigenvalue weighted by atomic mass is 10.1. The Balaban J connectivity index is 1.88. The minimum Gasteiger partial charge on any atom is -0.460 e. The van der Waals surface area contributed by atoms with Gasteiger partial charge in [0.15, 0.2) is 5.43 Å². The molecule has 0 aliphatic carbocycles. The number of fused-ring (bicyclic) bond motifs is 1. The van der Waals surface area contributed by atoms with E-state index in [0.717, 1.165) is 31.4 Å². The first kappa shape index (κ1) is 20.0. The van der Waals surface area contributed by atoms with Crippen molar-refractivity contribution in [3.05, 3.63) is 81.3 Å². The van der Waals surface area contributed by atoms with Crippen LogP contribution < -0.4 is 5.43 Å². The monoisotopic (exact) mass is 350 g/mol. The lowest BCUT2D eigenvalue weighted by Crippen LogP contribution is -2.01. The summed E-state index contributed by atoms with van der Waals surface area (Å²) in [5.74, 6) is 0.724. The molecule has 0 atom stereocenters. The zero-order valence-corrected chi connectivity index (χ0v) is 16.5. The molecule has 2 rings (SSSR count). The molecule has 0 N–H and O–H groups in total. The van der Waals surface area contributed by atoms with Crippen molar-refractivity contribution in [2.45, 2.75) is 59.8 Å². The smallest absolute Gasteiger partial charge is 0.192 e. The van der Waals surface area contributed by atoms with Crippen LogP contribution in [0, 0.1) is 0 Å². The van der Waals surface area contributed by atoms with Crippen LogP contribution in [0.4, 0.5) is 0 Å². The van der Waals surface area contributed by atoms with Crippen LogP contribution in [0.2, 0.25) is 0 Å². The molecule has 0 saturated carbocycles. The predicted molar refractivity (Wildman–Crippen MR) is 112 cm³/mol. The highest BCUT2D eigenvalue weighted by atomic mass is 16.3. The maximum absolute atomic E-state index is 12.1. The van der Waals surface area contributed by atoms with Gasteiger partial charge in [-0.25, -0.2) is 0 Å². The second-order valence-corrected chi connectivity index (χ2v) is 7.24. The van der Waals surface area contributed by atoms with Crippen molar-refractivity contribution < 1.29 is 4.42 Å². The average molecular weight is 351 g/mol. The minimum absolute atomic E-state index is 0.0304. The van der Waals surface area contributed by atoms with E-state index in [1.807, 2.05) is 18.2 Å². The van der Waals surface area contributed by atoms with E-state index >= 15 is 0 Å². The molecule has 0 radical (unpaired) electrons. The Morgan fingerprint density at radius 1 is 0.923 bits per heavy atom. The van der Waals surface area contributed by atoms with Gasteiger partial charge in [-0.2, -0.15) is 0 Å². The van der Waals surface area contributed by atoms with Crippen LogP contribution in [0.3, 0.4) is 0 Å². The number of hydrogen-bond donors (Lipinski definition) is 0. The highest BCUT2D eigenvalue weighted by Gasteiger charge is 2.03. The third-order valence-corrected chi connectivity index (χ3v) is 4.46. The summed E-state index contributed by atoms with van der Waals surface area (Å²) < 4.78 is 5.84. The molecule has 0 amide bonds. The third-order valence-electron chi connectivity index (χ3n) is 4.46. The molecular weight excluding hydrogens is 320 g/mol. The van der Waals surface area contributed by atoms with Crippen molar-refractivity contribution in [2.75, 3.05) is 0 Å². The van der Waals surface area contributed by atoms with Crippen LogP contribution in [0.25, 0.3) is 11.0 Å². The molecule has 2 aromatic rings. The summed E-state index contributed by atoms with van der Waals surface area (Å²) in [4.78, 5) is 12.1. The quantitative estimate of drug-likeness (QED) is 0.493. The summed E-state index contributed by atoms with van der Waals surface area (Å²) in [5, 5.41) is 0.644. The van der Waals surface area contributed by atoms with E-state index in [1.165, 1.54) is 16.7 Å². The normalized spacial score (nSPS) is 12.5. The molecule has 1 aromatic heterocycles. The van der Waals surface area contributed by atoms with Gasteiger partial charge in [-0.05, 0) is 65.5 Å². The Hall–Kier alpha value is -2.35. The number of benzene rings is 1. The highest BCUT2D eigenvalue weighted by molar-refractivity contribution is 5.76. The van der Waals surface area contributed by atoms with Gasteiger partial charge < -0.3 is 4.42 Å². The van der Waals surface area contributed by atoms with Crippen LogP contribution in [0.5, 0.6) is 0 Å². The van der Waals surface area contributed by atoms with Crippen molar-refractivity contribution in [1.29, 1.82) is 0 Å². The zero-order valence-electron chi connectivity index (χ0n) is 16.5. The first-order chi connectivity index (χ1) is 12.5. The van der Waals surface area contributed by atoms with Crippen molar-refractivity contribution >= 4 is 11.0 Å². The van der Waals surface area contributed by atoms with E-state index in [2.05, 4.69) is 45.9 Å². The summed E-state index contributed by atoms with van der Waals surface area (Å²) >= 11 is 0. The fourth-order valence-electron chi connectivity index (χ4n) is 2.87. The molecule has 0 saturated heterocycles. The summed E-state index contributed by atoms with van der Waals surface area (Å²) in [6, 6.07) is 9.01. The van der Waals surface area contributed by atoms with Crippen molar-refractivity contribution in [2.24, 2.45) is 0 Å². The van der Waals surface area contributed by atoms with Gasteiger partial charge in [0.25, 0.3) is 0 Å². The molecule has 0 fully saturated rings. The Bertz CT molecular complexity index is 874. The fourth-order valence-corrected chi connectivity index (χ4v) is 2.87. The number of para-hydroxylation sites is 1. The van der Waals surface area contributed by atoms with Gasteiger partial charge in [0.05, 0.1) is 5.39 Å². The van der Waals surface area contributed by atoms with E-state index in [9.17, 15) is 4.79 Å². The van der Waals surface area contributed by atoms with Crippen LogP contribution in [-0.4, -0.2) is 0 Å². The van der Waals surface area contributed by atoms with Crippen molar-refractivity contribution in [3.63, 3.8) is 0 Å². The van der Waals surface area contributed by atoms with Gasteiger partial charge in [-0.1, -0.05) is 47.1 Å². The lowest BCUT2D eigenvalue weighted by Gasteiger charge is -2.03. The first-order valence-electron chi connectivity index (χ1n) is 9.42. The van der Waals surface area contributed by atoms with Crippen LogP contribution in [0.1, 0.15) is 59.1 Å². The van der Waals surface area contributed by atoms with Gasteiger partial charge in [0, 0.05) is 12.5 Å². The second kappa shape index (κ2) is 9.96. The molecule has 138 valence electrons. The summed E-state index contributed by atoms with van der Waals surface area (Å²) in [5.41, 5.74) is 4.86. The first-order valence-corrected chi connectivity index (χ1v) is 9.42. The van der Waals surface area contributed by atoms with Crippen molar-refractivity contribution in [1.82, 2.24) is 0 Å². The number of rotatable bonds is 8. The molecular formula is C24H30O2. The van der Waals surface area contributed by atoms with E-state index in [1.54, 1.807) is 12.1 Å². The Morgan fingerprint density at radius 2 is 1.58 bits per heavy atom. The summed E-state index contributed by atoms with van der Waals surface area (Å²) in [6.07, 6.45) is 11.8. The Morgan fingerprint density at radius 3 is 2.31 bits per heavy atom. The summed E-state index contributed by atoms with van der Waals surface area (Å²) in [7, 11) is 0. The molecule has 1 aromatic carbocycles. The molecule has 0 aliphatic rings. The SMILES string of the molecule is CC(C)=CCCC(C)=CCCC(C)=CCc1cc(=O)c2ccccc2o1. The van der Waals surface area contributed by atoms with Crippen LogP contribution in [-0.2, 0) is 6.42 Å². The maximum Gasteiger partial charge on any atom is 0.192 e. The largest absolute Gasteiger partial charge is 0.460 e. The van der Waals surface area contributed by atoms with Gasteiger partial charge in [-0.3, -0.25) is 4.79 Å². The molecule has 0 spiro atoms. The molecule has 26 heavy (non-hydrogen) atoms. The molecule has 2 nitrogen and oxygen atoms in total. The van der Waals surface area contributed by atoms with Gasteiger partial charge >= 0.3 is 0 Å². The van der Waals surface area contributed by atoms with Gasteiger partial charge in [-0.15, -0.1) is 0 Å². The Kier molecular flexibility index (Phi) is 7.65.